The third-order valence-corrected chi connectivity index (χ3v) is 3.96. The molecule has 1 saturated carbocycles. The van der Waals surface area contributed by atoms with Gasteiger partial charge in [0.1, 0.15) is 13.2 Å². The molecule has 98 valence electrons. The van der Waals surface area contributed by atoms with Gasteiger partial charge in [0.25, 0.3) is 0 Å². The van der Waals surface area contributed by atoms with Crippen molar-refractivity contribution in [2.75, 3.05) is 13.2 Å². The molecule has 3 rings (SSSR count). The molecule has 1 aromatic rings. The summed E-state index contributed by atoms with van der Waals surface area (Å²) in [6.45, 7) is 1.26. The van der Waals surface area contributed by atoms with Gasteiger partial charge in [0.2, 0.25) is 0 Å². The third kappa shape index (κ3) is 2.31. The van der Waals surface area contributed by atoms with E-state index in [2.05, 4.69) is 17.6 Å². The first-order chi connectivity index (χ1) is 8.86. The fraction of sp³-hybridized carbons (Fsp3) is 0.571. The van der Waals surface area contributed by atoms with Gasteiger partial charge in [-0.25, -0.2) is 0 Å². The highest BCUT2D eigenvalue weighted by Gasteiger charge is 2.23. The topological polar surface area (TPSA) is 56.5 Å². The van der Waals surface area contributed by atoms with Crippen LogP contribution in [-0.4, -0.2) is 13.2 Å². The Labute approximate surface area is 107 Å². The van der Waals surface area contributed by atoms with Crippen LogP contribution in [0.15, 0.2) is 18.2 Å². The zero-order valence-electron chi connectivity index (χ0n) is 10.5. The molecule has 1 atom stereocenters. The number of ether oxygens (including phenoxy) is 2. The summed E-state index contributed by atoms with van der Waals surface area (Å²) in [5.41, 5.74) is 4.12. The summed E-state index contributed by atoms with van der Waals surface area (Å²) in [7, 11) is 0. The van der Waals surface area contributed by atoms with E-state index in [4.69, 9.17) is 15.3 Å². The van der Waals surface area contributed by atoms with Gasteiger partial charge in [-0.2, -0.15) is 0 Å². The Morgan fingerprint density at radius 2 is 2.00 bits per heavy atom. The normalized spacial score (nSPS) is 20.3. The van der Waals surface area contributed by atoms with E-state index in [-0.39, 0.29) is 6.04 Å². The van der Waals surface area contributed by atoms with Gasteiger partial charge >= 0.3 is 0 Å². The van der Waals surface area contributed by atoms with Crippen LogP contribution in [0.3, 0.4) is 0 Å². The summed E-state index contributed by atoms with van der Waals surface area (Å²) >= 11 is 0. The van der Waals surface area contributed by atoms with Crippen molar-refractivity contribution in [2.45, 2.75) is 31.7 Å². The first kappa shape index (κ1) is 11.8. The van der Waals surface area contributed by atoms with Crippen LogP contribution >= 0.6 is 0 Å². The largest absolute Gasteiger partial charge is 0.486 e. The monoisotopic (exact) mass is 248 g/mol. The highest BCUT2D eigenvalue weighted by molar-refractivity contribution is 5.44. The Morgan fingerprint density at radius 1 is 1.22 bits per heavy atom. The van der Waals surface area contributed by atoms with Crippen LogP contribution in [0.2, 0.25) is 0 Å². The summed E-state index contributed by atoms with van der Waals surface area (Å²) in [5, 5.41) is 0. The smallest absolute Gasteiger partial charge is 0.161 e. The van der Waals surface area contributed by atoms with Crippen LogP contribution in [0.25, 0.3) is 0 Å². The molecule has 2 aliphatic rings. The van der Waals surface area contributed by atoms with Gasteiger partial charge < -0.3 is 9.47 Å². The number of hydrazine groups is 1. The molecular weight excluding hydrogens is 228 g/mol. The molecule has 0 saturated heterocycles. The van der Waals surface area contributed by atoms with Crippen LogP contribution in [0, 0.1) is 5.92 Å². The molecule has 18 heavy (non-hydrogen) atoms. The second kappa shape index (κ2) is 5.16. The van der Waals surface area contributed by atoms with E-state index >= 15 is 0 Å². The van der Waals surface area contributed by atoms with Crippen molar-refractivity contribution in [3.05, 3.63) is 23.8 Å². The lowest BCUT2D eigenvalue weighted by Gasteiger charge is -2.30. The molecule has 1 unspecified atom stereocenters. The van der Waals surface area contributed by atoms with E-state index in [9.17, 15) is 0 Å². The van der Waals surface area contributed by atoms with Crippen molar-refractivity contribution in [1.29, 1.82) is 0 Å². The van der Waals surface area contributed by atoms with Gasteiger partial charge in [-0.05, 0) is 30.0 Å². The maximum atomic E-state index is 5.69. The number of nitrogens with two attached hydrogens (primary N) is 1. The van der Waals surface area contributed by atoms with E-state index in [0.29, 0.717) is 13.2 Å². The average molecular weight is 248 g/mol. The van der Waals surface area contributed by atoms with Crippen LogP contribution < -0.4 is 20.7 Å². The van der Waals surface area contributed by atoms with E-state index in [0.717, 1.165) is 23.8 Å². The Kier molecular flexibility index (Phi) is 3.39. The minimum Gasteiger partial charge on any atom is -0.486 e. The molecule has 4 heteroatoms. The van der Waals surface area contributed by atoms with Crippen molar-refractivity contribution >= 4 is 0 Å². The lowest BCUT2D eigenvalue weighted by molar-refractivity contribution is 0.171. The van der Waals surface area contributed by atoms with E-state index in [1.165, 1.54) is 24.8 Å². The van der Waals surface area contributed by atoms with Crippen molar-refractivity contribution < 1.29 is 9.47 Å². The maximum absolute atomic E-state index is 5.69. The van der Waals surface area contributed by atoms with Crippen molar-refractivity contribution in [2.24, 2.45) is 11.8 Å². The first-order valence-electron chi connectivity index (χ1n) is 6.72. The van der Waals surface area contributed by atoms with E-state index in [1.54, 1.807) is 0 Å². The number of fused-ring (bicyclic) bond motifs is 1. The molecule has 1 aromatic carbocycles. The van der Waals surface area contributed by atoms with Crippen molar-refractivity contribution in [3.8, 4) is 11.5 Å². The number of rotatable bonds is 4. The summed E-state index contributed by atoms with van der Waals surface area (Å²) in [6, 6.07) is 6.33. The second-order valence-corrected chi connectivity index (χ2v) is 5.15. The number of hydrogen-bond donors (Lipinski definition) is 2. The molecular formula is C14H20N2O2. The molecule has 3 N–H and O–H groups in total. The number of nitrogens with one attached hydrogen (secondary N) is 1. The predicted octanol–water partition coefficient (Wildman–Crippen LogP) is 2.15. The van der Waals surface area contributed by atoms with Crippen LogP contribution in [0.4, 0.5) is 0 Å². The Bertz CT molecular complexity index is 418. The molecule has 1 aliphatic carbocycles. The molecule has 1 aliphatic heterocycles. The average Bonchev–Trinajstić information content (AvgIpc) is 2.37. The van der Waals surface area contributed by atoms with Gasteiger partial charge in [-0.3, -0.25) is 11.3 Å². The minimum absolute atomic E-state index is 0.214. The SMILES string of the molecule is NNC(CC1CCC1)c1ccc2c(c1)OCCO2. The maximum Gasteiger partial charge on any atom is 0.161 e. The van der Waals surface area contributed by atoms with Crippen LogP contribution in [-0.2, 0) is 0 Å². The molecule has 0 spiro atoms. The predicted molar refractivity (Wildman–Crippen MR) is 69.5 cm³/mol. The number of hydrogen-bond acceptors (Lipinski definition) is 4. The molecule has 0 radical (unpaired) electrons. The minimum atomic E-state index is 0.214. The van der Waals surface area contributed by atoms with Gasteiger partial charge in [0.05, 0.1) is 0 Å². The summed E-state index contributed by atoms with van der Waals surface area (Å²) in [5.74, 6) is 8.18. The molecule has 4 nitrogen and oxygen atoms in total. The zero-order chi connectivity index (χ0) is 12.4. The summed E-state index contributed by atoms with van der Waals surface area (Å²) < 4.78 is 11.1. The molecule has 1 fully saturated rings. The zero-order valence-corrected chi connectivity index (χ0v) is 10.5. The van der Waals surface area contributed by atoms with E-state index in [1.807, 2.05) is 6.07 Å². The van der Waals surface area contributed by atoms with Gasteiger partial charge in [0.15, 0.2) is 11.5 Å². The second-order valence-electron chi connectivity index (χ2n) is 5.15. The highest BCUT2D eigenvalue weighted by Crippen LogP contribution is 2.37. The van der Waals surface area contributed by atoms with Gasteiger partial charge in [-0.1, -0.05) is 25.3 Å². The summed E-state index contributed by atoms with van der Waals surface area (Å²) in [4.78, 5) is 0. The fourth-order valence-corrected chi connectivity index (χ4v) is 2.64. The lowest BCUT2D eigenvalue weighted by atomic mass is 9.80. The third-order valence-electron chi connectivity index (χ3n) is 3.96. The van der Waals surface area contributed by atoms with E-state index < -0.39 is 0 Å². The van der Waals surface area contributed by atoms with Gasteiger partial charge in [0, 0.05) is 6.04 Å². The molecule has 0 aromatic heterocycles. The van der Waals surface area contributed by atoms with Gasteiger partial charge in [-0.15, -0.1) is 0 Å². The first-order valence-corrected chi connectivity index (χ1v) is 6.72. The van der Waals surface area contributed by atoms with Crippen molar-refractivity contribution in [3.63, 3.8) is 0 Å². The highest BCUT2D eigenvalue weighted by atomic mass is 16.6. The fourth-order valence-electron chi connectivity index (χ4n) is 2.64. The van der Waals surface area contributed by atoms with Crippen LogP contribution in [0.5, 0.6) is 11.5 Å². The van der Waals surface area contributed by atoms with Crippen molar-refractivity contribution in [1.82, 2.24) is 5.43 Å². The standard InChI is InChI=1S/C14H20N2O2/c15-16-12(8-10-2-1-3-10)11-4-5-13-14(9-11)18-7-6-17-13/h4-5,9-10,12,16H,1-3,6-8,15H2. The molecule has 0 bridgehead atoms. The lowest BCUT2D eigenvalue weighted by Crippen LogP contribution is -2.31. The number of benzene rings is 1. The molecule has 0 amide bonds. The Hall–Kier alpha value is -1.26. The Morgan fingerprint density at radius 3 is 2.67 bits per heavy atom. The molecule has 1 heterocycles. The Balaban J connectivity index is 1.76. The quantitative estimate of drug-likeness (QED) is 0.633. The summed E-state index contributed by atoms with van der Waals surface area (Å²) in [6.07, 6.45) is 5.14. The van der Waals surface area contributed by atoms with Crippen LogP contribution in [0.1, 0.15) is 37.3 Å².